The topological polar surface area (TPSA) is 32.3 Å². The van der Waals surface area contributed by atoms with Crippen LogP contribution in [0.4, 0.5) is 0 Å². The molecule has 0 aromatic heterocycles. The molecule has 0 heterocycles. The van der Waals surface area contributed by atoms with Crippen molar-refractivity contribution in [2.45, 2.75) is 32.1 Å². The van der Waals surface area contributed by atoms with Crippen molar-refractivity contribution < 1.29 is 5.11 Å². The number of rotatable bonds is 7. The first kappa shape index (κ1) is 13.6. The molecule has 1 fully saturated rings. The van der Waals surface area contributed by atoms with Crippen LogP contribution in [0.15, 0.2) is 30.3 Å². The number of aliphatic hydroxyl groups is 1. The van der Waals surface area contributed by atoms with Crippen LogP contribution in [0.25, 0.3) is 0 Å². The fourth-order valence-electron chi connectivity index (χ4n) is 2.97. The van der Waals surface area contributed by atoms with Crippen molar-refractivity contribution in [2.24, 2.45) is 11.8 Å². The highest BCUT2D eigenvalue weighted by molar-refractivity contribution is 5.14. The van der Waals surface area contributed by atoms with Crippen LogP contribution in [0, 0.1) is 11.8 Å². The van der Waals surface area contributed by atoms with Crippen molar-refractivity contribution >= 4 is 0 Å². The average molecular weight is 247 g/mol. The van der Waals surface area contributed by atoms with E-state index in [1.165, 1.54) is 31.2 Å². The van der Waals surface area contributed by atoms with E-state index in [0.29, 0.717) is 18.4 Å². The predicted octanol–water partition coefficient (Wildman–Crippen LogP) is 2.62. The van der Waals surface area contributed by atoms with Gasteiger partial charge in [-0.25, -0.2) is 0 Å². The van der Waals surface area contributed by atoms with Crippen LogP contribution in [0.2, 0.25) is 0 Å². The molecule has 100 valence electrons. The van der Waals surface area contributed by atoms with Crippen LogP contribution >= 0.6 is 0 Å². The standard InChI is InChI=1S/C16H25NO/c18-13-16-10-4-9-15(16)12-17-11-5-8-14-6-2-1-3-7-14/h1-3,6-7,15-18H,4-5,8-13H2. The summed E-state index contributed by atoms with van der Waals surface area (Å²) in [5.74, 6) is 1.25. The largest absolute Gasteiger partial charge is 0.396 e. The highest BCUT2D eigenvalue weighted by Gasteiger charge is 2.25. The van der Waals surface area contributed by atoms with Gasteiger partial charge in [-0.3, -0.25) is 0 Å². The molecule has 1 aromatic carbocycles. The Morgan fingerprint density at radius 1 is 1.11 bits per heavy atom. The zero-order valence-electron chi connectivity index (χ0n) is 11.1. The number of benzene rings is 1. The third-order valence-corrected chi connectivity index (χ3v) is 4.12. The average Bonchev–Trinajstić information content (AvgIpc) is 2.87. The molecule has 2 nitrogen and oxygen atoms in total. The molecule has 2 rings (SSSR count). The molecule has 18 heavy (non-hydrogen) atoms. The molecule has 0 spiro atoms. The van der Waals surface area contributed by atoms with Crippen LogP contribution in [-0.2, 0) is 6.42 Å². The van der Waals surface area contributed by atoms with Gasteiger partial charge < -0.3 is 10.4 Å². The predicted molar refractivity (Wildman–Crippen MR) is 75.5 cm³/mol. The normalized spacial score (nSPS) is 23.4. The van der Waals surface area contributed by atoms with Gasteiger partial charge >= 0.3 is 0 Å². The van der Waals surface area contributed by atoms with E-state index >= 15 is 0 Å². The lowest BCUT2D eigenvalue weighted by Gasteiger charge is -2.17. The van der Waals surface area contributed by atoms with E-state index in [-0.39, 0.29) is 0 Å². The molecule has 0 radical (unpaired) electrons. The maximum Gasteiger partial charge on any atom is 0.0462 e. The summed E-state index contributed by atoms with van der Waals surface area (Å²) in [5.41, 5.74) is 1.42. The molecule has 0 amide bonds. The zero-order valence-corrected chi connectivity index (χ0v) is 11.1. The Kier molecular flexibility index (Phi) is 5.69. The minimum atomic E-state index is 0.371. The monoisotopic (exact) mass is 247 g/mol. The molecule has 2 unspecified atom stereocenters. The van der Waals surface area contributed by atoms with E-state index < -0.39 is 0 Å². The summed E-state index contributed by atoms with van der Waals surface area (Å²) in [4.78, 5) is 0. The smallest absolute Gasteiger partial charge is 0.0462 e. The fraction of sp³-hybridized carbons (Fsp3) is 0.625. The lowest BCUT2D eigenvalue weighted by Crippen LogP contribution is -2.27. The fourth-order valence-corrected chi connectivity index (χ4v) is 2.97. The Hall–Kier alpha value is -0.860. The number of hydrogen-bond donors (Lipinski definition) is 2. The van der Waals surface area contributed by atoms with Gasteiger partial charge in [0, 0.05) is 6.61 Å². The molecule has 1 aliphatic rings. The summed E-state index contributed by atoms with van der Waals surface area (Å²) in [7, 11) is 0. The number of aliphatic hydroxyl groups excluding tert-OH is 1. The van der Waals surface area contributed by atoms with Gasteiger partial charge in [0.1, 0.15) is 0 Å². The van der Waals surface area contributed by atoms with Gasteiger partial charge in [-0.1, -0.05) is 36.8 Å². The second kappa shape index (κ2) is 7.55. The molecule has 1 saturated carbocycles. The minimum Gasteiger partial charge on any atom is -0.396 e. The first-order chi connectivity index (χ1) is 8.90. The minimum absolute atomic E-state index is 0.371. The van der Waals surface area contributed by atoms with Crippen molar-refractivity contribution in [3.63, 3.8) is 0 Å². The molecule has 1 aliphatic carbocycles. The van der Waals surface area contributed by atoms with Crippen molar-refractivity contribution in [3.8, 4) is 0 Å². The van der Waals surface area contributed by atoms with Crippen LogP contribution in [0.1, 0.15) is 31.2 Å². The summed E-state index contributed by atoms with van der Waals surface area (Å²) in [5, 5.41) is 12.8. The molecule has 1 aromatic rings. The molecule has 0 saturated heterocycles. The third-order valence-electron chi connectivity index (χ3n) is 4.12. The summed E-state index contributed by atoms with van der Waals surface area (Å²) in [6.45, 7) is 2.54. The van der Waals surface area contributed by atoms with Gasteiger partial charge in [0.2, 0.25) is 0 Å². The number of aryl methyl sites for hydroxylation is 1. The van der Waals surface area contributed by atoms with Crippen molar-refractivity contribution in [1.29, 1.82) is 0 Å². The summed E-state index contributed by atoms with van der Waals surface area (Å²) in [6, 6.07) is 10.7. The van der Waals surface area contributed by atoms with E-state index in [0.717, 1.165) is 19.5 Å². The lowest BCUT2D eigenvalue weighted by molar-refractivity contribution is 0.192. The number of hydrogen-bond acceptors (Lipinski definition) is 2. The Bertz CT molecular complexity index is 325. The Labute approximate surface area is 110 Å². The second-order valence-corrected chi connectivity index (χ2v) is 5.43. The first-order valence-electron chi connectivity index (χ1n) is 7.25. The first-order valence-corrected chi connectivity index (χ1v) is 7.25. The Morgan fingerprint density at radius 3 is 2.67 bits per heavy atom. The van der Waals surface area contributed by atoms with Crippen LogP contribution in [0.3, 0.4) is 0 Å². The summed E-state index contributed by atoms with van der Waals surface area (Å²) in [6.07, 6.45) is 6.15. The SMILES string of the molecule is OCC1CCCC1CNCCCc1ccccc1. The van der Waals surface area contributed by atoms with Gasteiger partial charge in [0.05, 0.1) is 0 Å². The molecule has 2 atom stereocenters. The van der Waals surface area contributed by atoms with Gasteiger partial charge in [-0.15, -0.1) is 0 Å². The maximum absolute atomic E-state index is 9.26. The van der Waals surface area contributed by atoms with E-state index in [4.69, 9.17) is 0 Å². The van der Waals surface area contributed by atoms with Gasteiger partial charge in [-0.2, -0.15) is 0 Å². The lowest BCUT2D eigenvalue weighted by atomic mass is 9.97. The maximum atomic E-state index is 9.26. The van der Waals surface area contributed by atoms with E-state index in [1.807, 2.05) is 0 Å². The van der Waals surface area contributed by atoms with Crippen molar-refractivity contribution in [2.75, 3.05) is 19.7 Å². The van der Waals surface area contributed by atoms with Gasteiger partial charge in [0.15, 0.2) is 0 Å². The van der Waals surface area contributed by atoms with Crippen molar-refractivity contribution in [1.82, 2.24) is 5.32 Å². The van der Waals surface area contributed by atoms with Crippen LogP contribution in [-0.4, -0.2) is 24.8 Å². The Morgan fingerprint density at radius 2 is 1.89 bits per heavy atom. The van der Waals surface area contributed by atoms with Crippen LogP contribution < -0.4 is 5.32 Å². The summed E-state index contributed by atoms with van der Waals surface area (Å²) < 4.78 is 0. The highest BCUT2D eigenvalue weighted by Crippen LogP contribution is 2.30. The van der Waals surface area contributed by atoms with E-state index in [9.17, 15) is 5.11 Å². The molecule has 2 heteroatoms. The Balaban J connectivity index is 1.56. The van der Waals surface area contributed by atoms with Crippen molar-refractivity contribution in [3.05, 3.63) is 35.9 Å². The van der Waals surface area contributed by atoms with Gasteiger partial charge in [-0.05, 0) is 56.2 Å². The zero-order chi connectivity index (χ0) is 12.6. The van der Waals surface area contributed by atoms with Crippen LogP contribution in [0.5, 0.6) is 0 Å². The third kappa shape index (κ3) is 4.11. The molecule has 0 aliphatic heterocycles. The molecular formula is C16H25NO. The van der Waals surface area contributed by atoms with E-state index in [2.05, 4.69) is 35.6 Å². The molecular weight excluding hydrogens is 222 g/mol. The molecule has 2 N–H and O–H groups in total. The van der Waals surface area contributed by atoms with Gasteiger partial charge in [0.25, 0.3) is 0 Å². The van der Waals surface area contributed by atoms with E-state index in [1.54, 1.807) is 0 Å². The second-order valence-electron chi connectivity index (χ2n) is 5.43. The summed E-state index contributed by atoms with van der Waals surface area (Å²) >= 11 is 0. The molecule has 0 bridgehead atoms. The number of nitrogens with one attached hydrogen (secondary N) is 1. The highest BCUT2D eigenvalue weighted by atomic mass is 16.3. The quantitative estimate of drug-likeness (QED) is 0.726.